The summed E-state index contributed by atoms with van der Waals surface area (Å²) < 4.78 is 30.4. The van der Waals surface area contributed by atoms with Gasteiger partial charge in [-0.2, -0.15) is 8.42 Å². The SMILES string of the molecule is CCc1cccc(C)c1N(CCCS(=O)(=O)O)C(=O)CCl. The van der Waals surface area contributed by atoms with Gasteiger partial charge in [0.2, 0.25) is 5.91 Å². The van der Waals surface area contributed by atoms with Gasteiger partial charge < -0.3 is 4.90 Å². The lowest BCUT2D eigenvalue weighted by Crippen LogP contribution is -2.35. The standard InChI is InChI=1S/C14H20ClNO4S/c1-3-12-7-4-6-11(2)14(12)16(13(17)10-15)8-5-9-21(18,19)20/h4,6-7H,3,5,8-10H2,1-2H3,(H,18,19,20). The third-order valence-corrected chi connectivity index (χ3v) is 4.20. The molecule has 0 spiro atoms. The van der Waals surface area contributed by atoms with Crippen molar-refractivity contribution in [1.29, 1.82) is 0 Å². The fraction of sp³-hybridized carbons (Fsp3) is 0.500. The molecule has 1 N–H and O–H groups in total. The highest BCUT2D eigenvalue weighted by molar-refractivity contribution is 7.85. The summed E-state index contributed by atoms with van der Waals surface area (Å²) >= 11 is 5.65. The number of carbonyl (C=O) groups is 1. The first kappa shape index (κ1) is 17.9. The molecule has 118 valence electrons. The summed E-state index contributed by atoms with van der Waals surface area (Å²) in [6.07, 6.45) is 0.903. The number of rotatable bonds is 7. The molecule has 7 heteroatoms. The van der Waals surface area contributed by atoms with E-state index in [9.17, 15) is 13.2 Å². The van der Waals surface area contributed by atoms with Gasteiger partial charge in [-0.1, -0.05) is 25.1 Å². The maximum absolute atomic E-state index is 12.1. The number of alkyl halides is 1. The summed E-state index contributed by atoms with van der Waals surface area (Å²) in [6.45, 7) is 4.08. The smallest absolute Gasteiger partial charge is 0.264 e. The Morgan fingerprint density at radius 3 is 2.57 bits per heavy atom. The van der Waals surface area contributed by atoms with Gasteiger partial charge in [-0.3, -0.25) is 9.35 Å². The van der Waals surface area contributed by atoms with Crippen LogP contribution in [0.3, 0.4) is 0 Å². The van der Waals surface area contributed by atoms with Gasteiger partial charge in [-0.15, -0.1) is 11.6 Å². The summed E-state index contributed by atoms with van der Waals surface area (Å²) in [5, 5.41) is 0. The van der Waals surface area contributed by atoms with Gasteiger partial charge >= 0.3 is 0 Å². The molecule has 0 aromatic heterocycles. The van der Waals surface area contributed by atoms with Crippen molar-refractivity contribution in [2.24, 2.45) is 0 Å². The lowest BCUT2D eigenvalue weighted by atomic mass is 10.0. The topological polar surface area (TPSA) is 74.7 Å². The lowest BCUT2D eigenvalue weighted by molar-refractivity contribution is -0.116. The van der Waals surface area contributed by atoms with Crippen molar-refractivity contribution < 1.29 is 17.8 Å². The molecule has 0 heterocycles. The quantitative estimate of drug-likeness (QED) is 0.614. The molecule has 5 nitrogen and oxygen atoms in total. The van der Waals surface area contributed by atoms with Crippen molar-refractivity contribution in [3.05, 3.63) is 29.3 Å². The molecule has 1 aromatic rings. The van der Waals surface area contributed by atoms with E-state index in [4.69, 9.17) is 16.2 Å². The molecular formula is C14H20ClNO4S. The second-order valence-corrected chi connectivity index (χ2v) is 6.59. The Morgan fingerprint density at radius 1 is 1.38 bits per heavy atom. The predicted octanol–water partition coefficient (Wildman–Crippen LogP) is 2.41. The summed E-state index contributed by atoms with van der Waals surface area (Å²) in [6, 6.07) is 5.74. The molecular weight excluding hydrogens is 314 g/mol. The van der Waals surface area contributed by atoms with Gasteiger partial charge in [0.05, 0.1) is 5.75 Å². The van der Waals surface area contributed by atoms with Crippen molar-refractivity contribution >= 4 is 33.3 Å². The minimum absolute atomic E-state index is 0.152. The minimum Gasteiger partial charge on any atom is -0.311 e. The highest BCUT2D eigenvalue weighted by Gasteiger charge is 2.20. The molecule has 1 aromatic carbocycles. The molecule has 0 saturated carbocycles. The average molecular weight is 334 g/mol. The molecule has 1 amide bonds. The molecule has 0 fully saturated rings. The zero-order valence-corrected chi connectivity index (χ0v) is 13.7. The van der Waals surface area contributed by atoms with E-state index in [1.165, 1.54) is 4.90 Å². The van der Waals surface area contributed by atoms with Gasteiger partial charge in [-0.25, -0.2) is 0 Å². The monoisotopic (exact) mass is 333 g/mol. The zero-order valence-electron chi connectivity index (χ0n) is 12.2. The normalized spacial score (nSPS) is 11.4. The molecule has 0 aliphatic rings. The molecule has 0 unspecified atom stereocenters. The van der Waals surface area contributed by atoms with E-state index < -0.39 is 10.1 Å². The fourth-order valence-corrected chi connectivity index (χ4v) is 2.87. The maximum Gasteiger partial charge on any atom is 0.264 e. The summed E-state index contributed by atoms with van der Waals surface area (Å²) in [4.78, 5) is 13.6. The van der Waals surface area contributed by atoms with Crippen molar-refractivity contribution in [2.45, 2.75) is 26.7 Å². The van der Waals surface area contributed by atoms with Crippen LogP contribution in [0.15, 0.2) is 18.2 Å². The van der Waals surface area contributed by atoms with Crippen molar-refractivity contribution in [3.8, 4) is 0 Å². The number of carbonyl (C=O) groups excluding carboxylic acids is 1. The number of anilines is 1. The Labute approximate surface area is 130 Å². The van der Waals surface area contributed by atoms with E-state index in [0.29, 0.717) is 0 Å². The van der Waals surface area contributed by atoms with E-state index in [-0.39, 0.29) is 30.5 Å². The number of para-hydroxylation sites is 1. The third kappa shape index (κ3) is 5.30. The molecule has 0 atom stereocenters. The summed E-state index contributed by atoms with van der Waals surface area (Å²) in [5.74, 6) is -0.841. The minimum atomic E-state index is -4.03. The van der Waals surface area contributed by atoms with Crippen molar-refractivity contribution in [2.75, 3.05) is 23.1 Å². The number of halogens is 1. The van der Waals surface area contributed by atoms with Gasteiger partial charge in [0.1, 0.15) is 5.88 Å². The van der Waals surface area contributed by atoms with Gasteiger partial charge in [0, 0.05) is 12.2 Å². The van der Waals surface area contributed by atoms with Gasteiger partial charge in [0.25, 0.3) is 10.1 Å². The number of amides is 1. The predicted molar refractivity (Wildman–Crippen MR) is 84.7 cm³/mol. The first-order valence-corrected chi connectivity index (χ1v) is 8.84. The van der Waals surface area contributed by atoms with Crippen LogP contribution >= 0.6 is 11.6 Å². The van der Waals surface area contributed by atoms with E-state index in [2.05, 4.69) is 0 Å². The molecule has 0 saturated heterocycles. The molecule has 0 aliphatic heterocycles. The Hall–Kier alpha value is -1.11. The fourth-order valence-electron chi connectivity index (χ4n) is 2.23. The first-order chi connectivity index (χ1) is 9.80. The zero-order chi connectivity index (χ0) is 16.0. The molecule has 1 rings (SSSR count). The summed E-state index contributed by atoms with van der Waals surface area (Å²) in [7, 11) is -4.03. The number of hydrogen-bond acceptors (Lipinski definition) is 3. The highest BCUT2D eigenvalue weighted by atomic mass is 35.5. The Morgan fingerprint density at radius 2 is 2.05 bits per heavy atom. The first-order valence-electron chi connectivity index (χ1n) is 6.70. The van der Waals surface area contributed by atoms with Crippen LogP contribution in [0.2, 0.25) is 0 Å². The van der Waals surface area contributed by atoms with Gasteiger partial charge in [-0.05, 0) is 30.9 Å². The maximum atomic E-state index is 12.1. The van der Waals surface area contributed by atoms with E-state index in [1.807, 2.05) is 32.0 Å². The van der Waals surface area contributed by atoms with E-state index in [0.717, 1.165) is 23.2 Å². The van der Waals surface area contributed by atoms with Gasteiger partial charge in [0.15, 0.2) is 0 Å². The second kappa shape index (κ2) is 7.77. The number of benzene rings is 1. The number of hydrogen-bond donors (Lipinski definition) is 1. The second-order valence-electron chi connectivity index (χ2n) is 4.75. The van der Waals surface area contributed by atoms with Crippen LogP contribution in [-0.2, 0) is 21.3 Å². The Kier molecular flexibility index (Phi) is 6.64. The highest BCUT2D eigenvalue weighted by Crippen LogP contribution is 2.26. The summed E-state index contributed by atoms with van der Waals surface area (Å²) in [5.41, 5.74) is 2.71. The van der Waals surface area contributed by atoms with Crippen LogP contribution in [0.4, 0.5) is 5.69 Å². The molecule has 21 heavy (non-hydrogen) atoms. The van der Waals surface area contributed by atoms with Crippen LogP contribution < -0.4 is 4.90 Å². The lowest BCUT2D eigenvalue weighted by Gasteiger charge is -2.26. The molecule has 0 bridgehead atoms. The van der Waals surface area contributed by atoms with Crippen LogP contribution in [0.1, 0.15) is 24.5 Å². The Balaban J connectivity index is 3.06. The largest absolute Gasteiger partial charge is 0.311 e. The van der Waals surface area contributed by atoms with Crippen LogP contribution in [0.5, 0.6) is 0 Å². The van der Waals surface area contributed by atoms with Crippen molar-refractivity contribution in [1.82, 2.24) is 0 Å². The number of aryl methyl sites for hydroxylation is 2. The van der Waals surface area contributed by atoms with Crippen LogP contribution in [0, 0.1) is 6.92 Å². The molecule has 0 radical (unpaired) electrons. The molecule has 0 aliphatic carbocycles. The Bertz CT molecular complexity index is 601. The van der Waals surface area contributed by atoms with Crippen molar-refractivity contribution in [3.63, 3.8) is 0 Å². The number of nitrogens with zero attached hydrogens (tertiary/aromatic N) is 1. The third-order valence-electron chi connectivity index (χ3n) is 3.17. The van der Waals surface area contributed by atoms with Crippen LogP contribution in [0.25, 0.3) is 0 Å². The van der Waals surface area contributed by atoms with E-state index >= 15 is 0 Å². The van der Waals surface area contributed by atoms with Crippen LogP contribution in [-0.4, -0.2) is 37.1 Å². The average Bonchev–Trinajstić information content (AvgIpc) is 2.42. The van der Waals surface area contributed by atoms with E-state index in [1.54, 1.807) is 0 Å².